The lowest BCUT2D eigenvalue weighted by Crippen LogP contribution is -2.39. The third kappa shape index (κ3) is 3.81. The molecule has 33 heavy (non-hydrogen) atoms. The molecular weight excluding hydrogens is 438 g/mol. The van der Waals surface area contributed by atoms with Crippen LogP contribution in [-0.2, 0) is 11.8 Å². The molecule has 2 amide bonds. The molecule has 1 fully saturated rings. The van der Waals surface area contributed by atoms with Crippen LogP contribution < -0.4 is 10.6 Å². The third-order valence-corrected chi connectivity index (χ3v) is 6.80. The van der Waals surface area contributed by atoms with Crippen molar-refractivity contribution < 1.29 is 9.59 Å². The molecule has 0 spiro atoms. The number of aromatic nitrogens is 2. The van der Waals surface area contributed by atoms with Crippen LogP contribution in [-0.4, -0.2) is 53.7 Å². The number of nitrogens with zero attached hydrogens (tertiary/aromatic N) is 4. The highest BCUT2D eigenvalue weighted by atomic mass is 35.5. The Balaban J connectivity index is 1.50. The Morgan fingerprint density at radius 1 is 1.15 bits per heavy atom. The molecule has 1 aliphatic heterocycles. The molecule has 2 heterocycles. The van der Waals surface area contributed by atoms with Crippen LogP contribution in [0.25, 0.3) is 5.69 Å². The fourth-order valence-corrected chi connectivity index (χ4v) is 5.07. The number of benzene rings is 2. The summed E-state index contributed by atoms with van der Waals surface area (Å²) >= 11 is 6.17. The van der Waals surface area contributed by atoms with Crippen LogP contribution in [0, 0.1) is 0 Å². The van der Waals surface area contributed by atoms with E-state index in [2.05, 4.69) is 36.2 Å². The maximum atomic E-state index is 13.6. The number of hydrogen-bond acceptors (Lipinski definition) is 4. The second-order valence-electron chi connectivity index (χ2n) is 9.20. The molecule has 1 saturated carbocycles. The predicted molar refractivity (Wildman–Crippen MR) is 128 cm³/mol. The van der Waals surface area contributed by atoms with Crippen molar-refractivity contribution in [1.82, 2.24) is 14.7 Å². The Bertz CT molecular complexity index is 1240. The Labute approximate surface area is 197 Å². The Morgan fingerprint density at radius 3 is 2.48 bits per heavy atom. The summed E-state index contributed by atoms with van der Waals surface area (Å²) < 4.78 is 1.49. The first-order valence-electron chi connectivity index (χ1n) is 11.0. The highest BCUT2D eigenvalue weighted by molar-refractivity contribution is 6.30. The molecule has 0 atom stereocenters. The molecule has 2 aromatic carbocycles. The third-order valence-electron chi connectivity index (χ3n) is 6.57. The van der Waals surface area contributed by atoms with Crippen LogP contribution >= 0.6 is 11.6 Å². The van der Waals surface area contributed by atoms with Gasteiger partial charge in [0, 0.05) is 34.8 Å². The van der Waals surface area contributed by atoms with Gasteiger partial charge in [0.1, 0.15) is 5.69 Å². The van der Waals surface area contributed by atoms with Gasteiger partial charge in [-0.25, -0.2) is 4.68 Å². The van der Waals surface area contributed by atoms with Crippen LogP contribution in [0.1, 0.15) is 44.9 Å². The zero-order valence-electron chi connectivity index (χ0n) is 18.7. The zero-order valence-corrected chi connectivity index (χ0v) is 19.5. The maximum absolute atomic E-state index is 13.6. The highest BCUT2D eigenvalue weighted by Gasteiger charge is 2.44. The fourth-order valence-electron chi connectivity index (χ4n) is 4.89. The van der Waals surface area contributed by atoms with Crippen LogP contribution in [0.3, 0.4) is 0 Å². The van der Waals surface area contributed by atoms with Gasteiger partial charge in [-0.15, -0.1) is 0 Å². The molecule has 0 bridgehead atoms. The van der Waals surface area contributed by atoms with Crippen molar-refractivity contribution in [3.05, 3.63) is 76.1 Å². The molecule has 5 rings (SSSR count). The SMILES string of the molecule is CN(C)CC1(c2ccc(N3CCc4c(C(N)=O)nn(-c5cccc(Cl)c5)c4C3=O)cc2)CC1. The number of primary amides is 1. The average molecular weight is 464 g/mol. The number of carbonyl (C=O) groups is 2. The van der Waals surface area contributed by atoms with Crippen LogP contribution in [0.5, 0.6) is 0 Å². The molecule has 0 radical (unpaired) electrons. The second kappa shape index (κ2) is 8.01. The highest BCUT2D eigenvalue weighted by Crippen LogP contribution is 2.48. The maximum Gasteiger partial charge on any atom is 0.277 e. The van der Waals surface area contributed by atoms with Crippen molar-refractivity contribution in [1.29, 1.82) is 0 Å². The number of rotatable bonds is 6. The topological polar surface area (TPSA) is 84.5 Å². The van der Waals surface area contributed by atoms with E-state index < -0.39 is 5.91 Å². The summed E-state index contributed by atoms with van der Waals surface area (Å²) in [6.07, 6.45) is 2.86. The summed E-state index contributed by atoms with van der Waals surface area (Å²) in [5.41, 5.74) is 9.62. The molecule has 1 aliphatic carbocycles. The fraction of sp³-hybridized carbons (Fsp3) is 0.320. The van der Waals surface area contributed by atoms with Gasteiger partial charge in [0.2, 0.25) is 0 Å². The monoisotopic (exact) mass is 463 g/mol. The summed E-state index contributed by atoms with van der Waals surface area (Å²) in [5, 5.41) is 4.91. The molecule has 2 N–H and O–H groups in total. The van der Waals surface area contributed by atoms with E-state index in [0.717, 1.165) is 12.2 Å². The van der Waals surface area contributed by atoms with Crippen molar-refractivity contribution in [2.24, 2.45) is 5.73 Å². The molecule has 8 heteroatoms. The van der Waals surface area contributed by atoms with E-state index in [-0.39, 0.29) is 17.0 Å². The Kier molecular flexibility index (Phi) is 5.26. The lowest BCUT2D eigenvalue weighted by Gasteiger charge is -2.28. The van der Waals surface area contributed by atoms with Crippen molar-refractivity contribution in [3.8, 4) is 5.69 Å². The second-order valence-corrected chi connectivity index (χ2v) is 9.64. The summed E-state index contributed by atoms with van der Waals surface area (Å²) in [6.45, 7) is 1.47. The summed E-state index contributed by atoms with van der Waals surface area (Å²) in [4.78, 5) is 29.7. The van der Waals surface area contributed by atoms with Crippen molar-refractivity contribution in [3.63, 3.8) is 0 Å². The number of fused-ring (bicyclic) bond motifs is 1. The minimum absolute atomic E-state index is 0.132. The number of amides is 2. The van der Waals surface area contributed by atoms with Gasteiger partial charge in [-0.3, -0.25) is 9.59 Å². The van der Waals surface area contributed by atoms with Crippen LogP contribution in [0.4, 0.5) is 5.69 Å². The van der Waals surface area contributed by atoms with E-state index in [1.807, 2.05) is 12.1 Å². The van der Waals surface area contributed by atoms with Gasteiger partial charge in [0.05, 0.1) is 5.69 Å². The van der Waals surface area contributed by atoms with Crippen LogP contribution in [0.15, 0.2) is 48.5 Å². The van der Waals surface area contributed by atoms with Gasteiger partial charge >= 0.3 is 0 Å². The van der Waals surface area contributed by atoms with Gasteiger partial charge in [-0.05, 0) is 69.3 Å². The molecule has 7 nitrogen and oxygen atoms in total. The number of hydrogen-bond donors (Lipinski definition) is 1. The van der Waals surface area contributed by atoms with Gasteiger partial charge in [-0.1, -0.05) is 29.8 Å². The molecule has 1 aromatic heterocycles. The summed E-state index contributed by atoms with van der Waals surface area (Å²) in [7, 11) is 4.20. The Hall–Kier alpha value is -3.16. The van der Waals surface area contributed by atoms with E-state index >= 15 is 0 Å². The van der Waals surface area contributed by atoms with Gasteiger partial charge in [0.25, 0.3) is 11.8 Å². The standard InChI is InChI=1S/C25H26ClN5O2/c1-29(2)15-25(11-12-25)16-6-8-18(9-7-16)30-13-10-20-21(23(27)32)28-31(22(20)24(30)33)19-5-3-4-17(26)14-19/h3-9,14H,10-13,15H2,1-2H3,(H2,27,32). The number of nitrogens with two attached hydrogens (primary N) is 1. The van der Waals surface area contributed by atoms with E-state index in [1.165, 1.54) is 23.1 Å². The average Bonchev–Trinajstić information content (AvgIpc) is 3.43. The Morgan fingerprint density at radius 2 is 1.88 bits per heavy atom. The summed E-state index contributed by atoms with van der Waals surface area (Å²) in [5.74, 6) is -0.855. The van der Waals surface area contributed by atoms with Gasteiger partial charge in [-0.2, -0.15) is 5.10 Å². The van der Waals surface area contributed by atoms with Gasteiger partial charge < -0.3 is 15.5 Å². The lowest BCUT2D eigenvalue weighted by molar-refractivity contribution is 0.0972. The molecule has 2 aliphatic rings. The number of halogens is 1. The van der Waals surface area contributed by atoms with Crippen molar-refractivity contribution >= 4 is 29.1 Å². The smallest absolute Gasteiger partial charge is 0.277 e. The normalized spacial score (nSPS) is 16.7. The largest absolute Gasteiger partial charge is 0.364 e. The number of anilines is 1. The minimum atomic E-state index is -0.645. The molecule has 3 aromatic rings. The first kappa shape index (κ1) is 21.7. The van der Waals surface area contributed by atoms with E-state index in [9.17, 15) is 9.59 Å². The first-order valence-corrected chi connectivity index (χ1v) is 11.4. The van der Waals surface area contributed by atoms with Crippen molar-refractivity contribution in [2.45, 2.75) is 24.7 Å². The molecule has 0 unspecified atom stereocenters. The summed E-state index contributed by atoms with van der Waals surface area (Å²) in [6, 6.07) is 15.3. The zero-order chi connectivity index (χ0) is 23.3. The van der Waals surface area contributed by atoms with Crippen molar-refractivity contribution in [2.75, 3.05) is 32.1 Å². The molecule has 0 saturated heterocycles. The first-order chi connectivity index (χ1) is 15.8. The molecule has 170 valence electrons. The van der Waals surface area contributed by atoms with E-state index in [0.29, 0.717) is 34.9 Å². The van der Waals surface area contributed by atoms with Crippen LogP contribution in [0.2, 0.25) is 5.02 Å². The lowest BCUT2D eigenvalue weighted by atomic mass is 9.95. The quantitative estimate of drug-likeness (QED) is 0.607. The van der Waals surface area contributed by atoms with E-state index in [1.54, 1.807) is 29.2 Å². The molecular formula is C25H26ClN5O2. The predicted octanol–water partition coefficient (Wildman–Crippen LogP) is 3.42. The minimum Gasteiger partial charge on any atom is -0.364 e. The number of likely N-dealkylation sites (N-methyl/N-ethyl adjacent to an activating group) is 1. The van der Waals surface area contributed by atoms with E-state index in [4.69, 9.17) is 17.3 Å². The number of carbonyl (C=O) groups excluding carboxylic acids is 2. The van der Waals surface area contributed by atoms with Gasteiger partial charge in [0.15, 0.2) is 5.69 Å².